The summed E-state index contributed by atoms with van der Waals surface area (Å²) in [6.45, 7) is 3.84. The number of aromatic nitrogens is 2. The highest BCUT2D eigenvalue weighted by atomic mass is 16.5. The van der Waals surface area contributed by atoms with E-state index in [9.17, 15) is 4.79 Å². The molecule has 0 unspecified atom stereocenters. The molecule has 0 bridgehead atoms. The molecule has 0 saturated heterocycles. The summed E-state index contributed by atoms with van der Waals surface area (Å²) in [6, 6.07) is 7.19. The molecule has 19 heavy (non-hydrogen) atoms. The molecule has 2 aromatic rings. The van der Waals surface area contributed by atoms with Crippen LogP contribution in [0.25, 0.3) is 5.69 Å². The normalized spacial score (nSPS) is 10.3. The molecule has 0 aliphatic rings. The number of nitrogens with zero attached hydrogens (tertiary/aromatic N) is 2. The molecule has 0 spiro atoms. The Labute approximate surface area is 111 Å². The van der Waals surface area contributed by atoms with E-state index < -0.39 is 5.97 Å². The van der Waals surface area contributed by atoms with E-state index in [1.807, 2.05) is 19.9 Å². The van der Waals surface area contributed by atoms with Gasteiger partial charge in [-0.05, 0) is 38.1 Å². The zero-order valence-corrected chi connectivity index (χ0v) is 11.4. The second-order valence-electron chi connectivity index (χ2n) is 4.21. The van der Waals surface area contributed by atoms with Crippen molar-refractivity contribution in [2.24, 2.45) is 0 Å². The molecule has 0 aliphatic carbocycles. The number of hydrogen-bond acceptors (Lipinski definition) is 4. The number of aryl methyl sites for hydroxylation is 2. The second-order valence-corrected chi connectivity index (χ2v) is 4.21. The average molecular weight is 260 g/mol. The fraction of sp³-hybridized carbons (Fsp3) is 0.286. The monoisotopic (exact) mass is 260 g/mol. The topological polar surface area (TPSA) is 53.4 Å². The Bertz CT molecular complexity index is 617. The minimum atomic E-state index is -0.415. The van der Waals surface area contributed by atoms with Crippen LogP contribution in [0.4, 0.5) is 0 Å². The lowest BCUT2D eigenvalue weighted by Gasteiger charge is -2.11. The second kappa shape index (κ2) is 5.14. The Morgan fingerprint density at radius 3 is 2.47 bits per heavy atom. The van der Waals surface area contributed by atoms with Crippen LogP contribution in [0.2, 0.25) is 0 Å². The molecule has 2 rings (SSSR count). The van der Waals surface area contributed by atoms with Crippen LogP contribution in [0.15, 0.2) is 24.3 Å². The van der Waals surface area contributed by atoms with Crippen molar-refractivity contribution >= 4 is 5.97 Å². The molecule has 1 aromatic carbocycles. The predicted molar refractivity (Wildman–Crippen MR) is 70.9 cm³/mol. The number of esters is 1. The predicted octanol–water partition coefficient (Wildman–Crippen LogP) is 2.28. The molecule has 100 valence electrons. The van der Waals surface area contributed by atoms with Gasteiger partial charge in [0, 0.05) is 5.69 Å². The van der Waals surface area contributed by atoms with Crippen molar-refractivity contribution in [2.45, 2.75) is 13.8 Å². The molecule has 0 saturated carbocycles. The van der Waals surface area contributed by atoms with Gasteiger partial charge in [0.25, 0.3) is 0 Å². The highest BCUT2D eigenvalue weighted by Crippen LogP contribution is 2.23. The summed E-state index contributed by atoms with van der Waals surface area (Å²) in [5.41, 5.74) is 2.95. The Kier molecular flexibility index (Phi) is 3.55. The molecule has 5 heteroatoms. The summed E-state index contributed by atoms with van der Waals surface area (Å²) in [7, 11) is 2.91. The summed E-state index contributed by atoms with van der Waals surface area (Å²) in [5, 5.41) is 4.38. The minimum Gasteiger partial charge on any atom is -0.497 e. The lowest BCUT2D eigenvalue weighted by Crippen LogP contribution is -2.10. The Hall–Kier alpha value is -2.30. The van der Waals surface area contributed by atoms with Crippen molar-refractivity contribution in [3.63, 3.8) is 0 Å². The van der Waals surface area contributed by atoms with Gasteiger partial charge in [-0.2, -0.15) is 5.10 Å². The number of hydrogen-bond donors (Lipinski definition) is 0. The quantitative estimate of drug-likeness (QED) is 0.794. The maximum atomic E-state index is 11.9. The van der Waals surface area contributed by atoms with Gasteiger partial charge in [-0.1, -0.05) is 0 Å². The van der Waals surface area contributed by atoms with E-state index in [1.165, 1.54) is 7.11 Å². The maximum Gasteiger partial charge on any atom is 0.340 e. The van der Waals surface area contributed by atoms with Crippen LogP contribution in [0.5, 0.6) is 5.75 Å². The number of carbonyl (C=O) groups is 1. The van der Waals surface area contributed by atoms with Crippen molar-refractivity contribution < 1.29 is 14.3 Å². The minimum absolute atomic E-state index is 0.415. The molecule has 1 heterocycles. The lowest BCUT2D eigenvalue weighted by molar-refractivity contribution is 0.0600. The summed E-state index contributed by atoms with van der Waals surface area (Å²) in [4.78, 5) is 11.9. The van der Waals surface area contributed by atoms with Crippen molar-refractivity contribution in [1.29, 1.82) is 0 Å². The molecule has 0 radical (unpaired) electrons. The third-order valence-electron chi connectivity index (χ3n) is 2.85. The van der Waals surface area contributed by atoms with E-state index in [-0.39, 0.29) is 0 Å². The third kappa shape index (κ3) is 2.45. The van der Waals surface area contributed by atoms with Gasteiger partial charge in [-0.3, -0.25) is 0 Å². The van der Waals surface area contributed by atoms with Crippen molar-refractivity contribution in [1.82, 2.24) is 9.78 Å². The molecule has 0 fully saturated rings. The van der Waals surface area contributed by atoms with E-state index in [0.29, 0.717) is 17.0 Å². The van der Waals surface area contributed by atoms with Crippen molar-refractivity contribution in [3.8, 4) is 11.4 Å². The largest absolute Gasteiger partial charge is 0.497 e. The smallest absolute Gasteiger partial charge is 0.340 e. The number of benzene rings is 1. The lowest BCUT2D eigenvalue weighted by atomic mass is 10.1. The van der Waals surface area contributed by atoms with Gasteiger partial charge < -0.3 is 9.47 Å². The number of carbonyl (C=O) groups excluding carboxylic acids is 1. The van der Waals surface area contributed by atoms with Gasteiger partial charge in [-0.15, -0.1) is 0 Å². The van der Waals surface area contributed by atoms with Crippen molar-refractivity contribution in [2.75, 3.05) is 14.2 Å². The van der Waals surface area contributed by atoms with Crippen LogP contribution in [0, 0.1) is 13.8 Å². The molecule has 1 aromatic heterocycles. The highest BCUT2D eigenvalue weighted by Gasteiger charge is 2.16. The van der Waals surface area contributed by atoms with E-state index >= 15 is 0 Å². The first-order chi connectivity index (χ1) is 9.06. The number of methoxy groups -OCH3 is 2. The molecular weight excluding hydrogens is 244 g/mol. The van der Waals surface area contributed by atoms with E-state index in [0.717, 1.165) is 11.4 Å². The molecule has 0 atom stereocenters. The fourth-order valence-electron chi connectivity index (χ4n) is 1.97. The fourth-order valence-corrected chi connectivity index (χ4v) is 1.97. The number of rotatable bonds is 3. The van der Waals surface area contributed by atoms with Crippen LogP contribution >= 0.6 is 0 Å². The molecule has 5 nitrogen and oxygen atoms in total. The summed E-state index contributed by atoms with van der Waals surface area (Å²) >= 11 is 0. The zero-order chi connectivity index (χ0) is 14.0. The van der Waals surface area contributed by atoms with Crippen LogP contribution in [-0.4, -0.2) is 30.0 Å². The Balaban J connectivity index is 2.62. The first kappa shape index (κ1) is 13.1. The standard InChI is InChI=1S/C14H16N2O3/c1-9-7-10(2)16(15-9)13-6-5-11(18-3)8-12(13)14(17)19-4/h5-8H,1-4H3. The molecule has 0 N–H and O–H groups in total. The van der Waals surface area contributed by atoms with Gasteiger partial charge in [0.2, 0.25) is 0 Å². The van der Waals surface area contributed by atoms with Gasteiger partial charge in [0.05, 0.1) is 31.2 Å². The van der Waals surface area contributed by atoms with Crippen LogP contribution < -0.4 is 4.74 Å². The van der Waals surface area contributed by atoms with Crippen molar-refractivity contribution in [3.05, 3.63) is 41.2 Å². The third-order valence-corrected chi connectivity index (χ3v) is 2.85. The summed E-state index contributed by atoms with van der Waals surface area (Å²) in [6.07, 6.45) is 0. The first-order valence-electron chi connectivity index (χ1n) is 5.87. The van der Waals surface area contributed by atoms with Crippen LogP contribution in [0.1, 0.15) is 21.7 Å². The van der Waals surface area contributed by atoms with Gasteiger partial charge in [0.1, 0.15) is 5.75 Å². The van der Waals surface area contributed by atoms with Crippen LogP contribution in [0.3, 0.4) is 0 Å². The van der Waals surface area contributed by atoms with E-state index in [2.05, 4.69) is 5.10 Å². The van der Waals surface area contributed by atoms with E-state index in [1.54, 1.807) is 30.0 Å². The SMILES string of the molecule is COC(=O)c1cc(OC)ccc1-n1nc(C)cc1C. The molecule has 0 amide bonds. The van der Waals surface area contributed by atoms with Gasteiger partial charge in [0.15, 0.2) is 0 Å². The first-order valence-corrected chi connectivity index (χ1v) is 5.87. The summed E-state index contributed by atoms with van der Waals surface area (Å²) in [5.74, 6) is 0.187. The molecule has 0 aliphatic heterocycles. The number of ether oxygens (including phenoxy) is 2. The van der Waals surface area contributed by atoms with Gasteiger partial charge >= 0.3 is 5.97 Å². The molecular formula is C14H16N2O3. The average Bonchev–Trinajstić information content (AvgIpc) is 2.76. The zero-order valence-electron chi connectivity index (χ0n) is 11.4. The Morgan fingerprint density at radius 1 is 1.21 bits per heavy atom. The Morgan fingerprint density at radius 2 is 1.95 bits per heavy atom. The highest BCUT2D eigenvalue weighted by molar-refractivity contribution is 5.94. The maximum absolute atomic E-state index is 11.9. The van der Waals surface area contributed by atoms with Crippen LogP contribution in [-0.2, 0) is 4.74 Å². The summed E-state index contributed by atoms with van der Waals surface area (Å²) < 4.78 is 11.7. The van der Waals surface area contributed by atoms with E-state index in [4.69, 9.17) is 9.47 Å². The van der Waals surface area contributed by atoms with Gasteiger partial charge in [-0.25, -0.2) is 9.48 Å².